The lowest BCUT2D eigenvalue weighted by Crippen LogP contribution is -2.49. The van der Waals surface area contributed by atoms with Gasteiger partial charge in [0.1, 0.15) is 0 Å². The summed E-state index contributed by atoms with van der Waals surface area (Å²) in [6.07, 6.45) is -6.80. The lowest BCUT2D eigenvalue weighted by molar-refractivity contribution is -0.245. The van der Waals surface area contributed by atoms with Gasteiger partial charge in [0, 0.05) is 0 Å². The van der Waals surface area contributed by atoms with Crippen molar-refractivity contribution in [2.24, 2.45) is 0 Å². The third-order valence-corrected chi connectivity index (χ3v) is 2.49. The first-order chi connectivity index (χ1) is 5.75. The van der Waals surface area contributed by atoms with Crippen molar-refractivity contribution in [1.29, 1.82) is 0 Å². The summed E-state index contributed by atoms with van der Waals surface area (Å²) in [4.78, 5) is 0. The van der Waals surface area contributed by atoms with E-state index in [0.717, 1.165) is 0 Å². The van der Waals surface area contributed by atoms with Crippen LogP contribution in [0, 0.1) is 0 Å². The molecule has 0 aromatic carbocycles. The van der Waals surface area contributed by atoms with E-state index in [1.54, 1.807) is 0 Å². The fraction of sp³-hybridized carbons (Fsp3) is 1.00. The molecule has 0 fully saturated rings. The molecule has 14 heavy (non-hydrogen) atoms. The van der Waals surface area contributed by atoms with E-state index < -0.39 is 26.8 Å². The number of hydrogen-bond donors (Lipinski definition) is 0. The van der Waals surface area contributed by atoms with Gasteiger partial charge in [-0.05, 0) is 0 Å². The van der Waals surface area contributed by atoms with E-state index in [1.165, 1.54) is 0 Å². The predicted molar refractivity (Wildman–Crippen MR) is 26.0 cm³/mol. The molecule has 0 aromatic heterocycles. The Balaban J connectivity index is 5.56. The van der Waals surface area contributed by atoms with Gasteiger partial charge in [0.15, 0.2) is 0 Å². The molecule has 11 heteroatoms. The molecule has 0 unspecified atom stereocenters. The molecular weight excluding hydrogens is 252 g/mol. The predicted octanol–water partition coefficient (Wildman–Crippen LogP) is 2.08. The van der Waals surface area contributed by atoms with Crippen molar-refractivity contribution in [3.05, 3.63) is 0 Å². The van der Waals surface area contributed by atoms with Crippen LogP contribution >= 0.6 is 0 Å². The third kappa shape index (κ3) is 1.77. The van der Waals surface area contributed by atoms with Crippen LogP contribution in [-0.4, -0.2) is 25.4 Å². The second kappa shape index (κ2) is 2.94. The van der Waals surface area contributed by atoms with Crippen LogP contribution in [0.2, 0.25) is 0 Å². The fourth-order valence-electron chi connectivity index (χ4n) is 0.298. The van der Waals surface area contributed by atoms with Crippen LogP contribution in [-0.2, 0) is 9.84 Å². The smallest absolute Gasteiger partial charge is 0.213 e. The van der Waals surface area contributed by atoms with Crippen molar-refractivity contribution in [1.82, 2.24) is 0 Å². The number of sulfone groups is 1. The highest BCUT2D eigenvalue weighted by Crippen LogP contribution is 2.45. The molecule has 86 valence electrons. The van der Waals surface area contributed by atoms with Gasteiger partial charge in [-0.3, -0.25) is 0 Å². The Morgan fingerprint density at radius 1 is 0.714 bits per heavy atom. The van der Waals surface area contributed by atoms with Gasteiger partial charge in [-0.15, -0.1) is 0 Å². The summed E-state index contributed by atoms with van der Waals surface area (Å²) in [5, 5.41) is -6.84. The Hall–Kier alpha value is -0.610. The van der Waals surface area contributed by atoms with Gasteiger partial charge >= 0.3 is 26.8 Å². The van der Waals surface area contributed by atoms with Crippen molar-refractivity contribution >= 4 is 9.84 Å². The molecule has 0 radical (unpaired) electrons. The molecule has 0 rings (SSSR count). The van der Waals surface area contributed by atoms with Gasteiger partial charge in [0.2, 0.25) is 0 Å². The minimum absolute atomic E-state index is 6.66. The molecule has 0 saturated carbocycles. The van der Waals surface area contributed by atoms with Gasteiger partial charge in [0.05, 0.1) is 0 Å². The zero-order valence-electron chi connectivity index (χ0n) is 5.75. The van der Waals surface area contributed by atoms with Gasteiger partial charge in [-0.2, -0.15) is 35.1 Å². The Bertz CT molecular complexity index is 306. The maximum absolute atomic E-state index is 11.8. The first kappa shape index (κ1) is 13.4. The van der Waals surface area contributed by atoms with E-state index in [4.69, 9.17) is 0 Å². The van der Waals surface area contributed by atoms with Crippen molar-refractivity contribution in [2.45, 2.75) is 16.9 Å². The topological polar surface area (TPSA) is 34.1 Å². The summed E-state index contributed by atoms with van der Waals surface area (Å²) in [6.45, 7) is 0. The maximum Gasteiger partial charge on any atom is 0.503 e. The van der Waals surface area contributed by atoms with Gasteiger partial charge < -0.3 is 0 Å². The van der Waals surface area contributed by atoms with Crippen LogP contribution in [0.4, 0.5) is 35.1 Å². The van der Waals surface area contributed by atoms with Gasteiger partial charge in [0.25, 0.3) is 0 Å². The summed E-state index contributed by atoms with van der Waals surface area (Å²) in [5.74, 6) is 0. The van der Waals surface area contributed by atoms with Crippen LogP contribution in [0.25, 0.3) is 0 Å². The first-order valence-electron chi connectivity index (χ1n) is 2.50. The normalized spacial score (nSPS) is 15.7. The molecule has 0 atom stereocenters. The molecule has 0 bridgehead atoms. The van der Waals surface area contributed by atoms with Crippen LogP contribution in [0.5, 0.6) is 0 Å². The first-order valence-corrected chi connectivity index (χ1v) is 3.99. The van der Waals surface area contributed by atoms with Crippen molar-refractivity contribution in [3.63, 3.8) is 0 Å². The van der Waals surface area contributed by atoms with Crippen LogP contribution in [0.1, 0.15) is 0 Å². The summed E-state index contributed by atoms with van der Waals surface area (Å²) in [6, 6.07) is 0. The second-order valence-corrected chi connectivity index (χ2v) is 3.95. The number of halogens is 8. The molecule has 0 aromatic rings. The monoisotopic (exact) mass is 252 g/mol. The van der Waals surface area contributed by atoms with Gasteiger partial charge in [-0.25, -0.2) is 8.42 Å². The fourth-order valence-corrected chi connectivity index (χ4v) is 0.893. The van der Waals surface area contributed by atoms with Crippen LogP contribution < -0.4 is 0 Å². The van der Waals surface area contributed by atoms with Crippen LogP contribution in [0.3, 0.4) is 0 Å². The highest BCUT2D eigenvalue weighted by Gasteiger charge is 2.75. The highest BCUT2D eigenvalue weighted by atomic mass is 32.2. The maximum atomic E-state index is 11.8. The number of rotatable bonds is 1. The van der Waals surface area contributed by atoms with E-state index in [0.29, 0.717) is 0 Å². The van der Waals surface area contributed by atoms with Gasteiger partial charge in [-0.1, -0.05) is 0 Å². The SMILES string of the molecule is O=S(=O)(C(F)(F)F)C(F)(F)C(F)(F)F. The van der Waals surface area contributed by atoms with E-state index in [-0.39, 0.29) is 0 Å². The minimum atomic E-state index is -7.59. The Morgan fingerprint density at radius 2 is 1.00 bits per heavy atom. The molecule has 0 aliphatic carbocycles. The minimum Gasteiger partial charge on any atom is -0.213 e. The standard InChI is InChI=1S/C3F8O2S/c4-1(5,6)2(7,8)14(12,13)3(9,10)11. The van der Waals surface area contributed by atoms with Crippen molar-refractivity contribution < 1.29 is 43.5 Å². The molecule has 2 nitrogen and oxygen atoms in total. The number of alkyl halides is 8. The zero-order chi connectivity index (χ0) is 12.0. The van der Waals surface area contributed by atoms with Crippen molar-refractivity contribution in [3.8, 4) is 0 Å². The summed E-state index contributed by atoms with van der Waals surface area (Å²) >= 11 is 0. The molecule has 0 aliphatic rings. The lowest BCUT2D eigenvalue weighted by atomic mass is 10.7. The molecule has 0 N–H and O–H groups in total. The highest BCUT2D eigenvalue weighted by molar-refractivity contribution is 7.93. The molecular formula is C3F8O2S. The average Bonchev–Trinajstić information content (AvgIpc) is 1.81. The quantitative estimate of drug-likeness (QED) is 0.669. The Kier molecular flexibility index (Phi) is 2.81. The summed E-state index contributed by atoms with van der Waals surface area (Å²) in [7, 11) is -7.59. The van der Waals surface area contributed by atoms with E-state index in [1.807, 2.05) is 0 Å². The molecule has 0 saturated heterocycles. The van der Waals surface area contributed by atoms with E-state index >= 15 is 0 Å². The lowest BCUT2D eigenvalue weighted by Gasteiger charge is -2.20. The van der Waals surface area contributed by atoms with Crippen molar-refractivity contribution in [2.75, 3.05) is 0 Å². The summed E-state index contributed by atoms with van der Waals surface area (Å²) < 4.78 is 111. The molecule has 0 spiro atoms. The van der Waals surface area contributed by atoms with E-state index in [9.17, 15) is 43.5 Å². The van der Waals surface area contributed by atoms with Crippen LogP contribution in [0.15, 0.2) is 0 Å². The van der Waals surface area contributed by atoms with E-state index in [2.05, 4.69) is 0 Å². The number of hydrogen-bond acceptors (Lipinski definition) is 2. The largest absolute Gasteiger partial charge is 0.503 e. The third-order valence-electron chi connectivity index (χ3n) is 0.972. The molecule has 0 heterocycles. The molecule has 0 amide bonds. The summed E-state index contributed by atoms with van der Waals surface area (Å²) in [5.41, 5.74) is -6.66. The zero-order valence-corrected chi connectivity index (χ0v) is 6.56. The molecule has 0 aliphatic heterocycles. The second-order valence-electron chi connectivity index (χ2n) is 1.96. The Morgan fingerprint density at radius 3 is 1.07 bits per heavy atom. The Labute approximate surface area is 71.4 Å². The average molecular weight is 252 g/mol.